The number of hydrogen-bond acceptors (Lipinski definition) is 3. The molecule has 0 aliphatic carbocycles. The van der Waals surface area contributed by atoms with Crippen molar-refractivity contribution in [3.05, 3.63) is 43.1 Å². The highest BCUT2D eigenvalue weighted by Crippen LogP contribution is 2.37. The third-order valence-corrected chi connectivity index (χ3v) is 5.85. The summed E-state index contributed by atoms with van der Waals surface area (Å²) in [4.78, 5) is 2.75. The van der Waals surface area contributed by atoms with Crippen molar-refractivity contribution in [2.45, 2.75) is 57.3 Å². The molecule has 0 spiro atoms. The first kappa shape index (κ1) is 16.8. The van der Waals surface area contributed by atoms with Gasteiger partial charge in [0.25, 0.3) is 0 Å². The molecule has 2 saturated heterocycles. The molecule has 0 saturated carbocycles. The fourth-order valence-corrected chi connectivity index (χ4v) is 4.75. The molecule has 25 heavy (non-hydrogen) atoms. The van der Waals surface area contributed by atoms with Gasteiger partial charge in [-0.25, -0.2) is 0 Å². The first-order valence-corrected chi connectivity index (χ1v) is 9.63. The van der Waals surface area contributed by atoms with Crippen LogP contribution in [0.3, 0.4) is 0 Å². The molecule has 2 bridgehead atoms. The number of fused-ring (bicyclic) bond motifs is 3. The van der Waals surface area contributed by atoms with Gasteiger partial charge in [0.15, 0.2) is 0 Å². The Kier molecular flexibility index (Phi) is 4.91. The highest BCUT2D eigenvalue weighted by Gasteiger charge is 2.41. The molecular weight excluding hydrogens is 310 g/mol. The van der Waals surface area contributed by atoms with Crippen LogP contribution in [0, 0.1) is 5.92 Å². The Morgan fingerprint density at radius 3 is 2.76 bits per heavy atom. The average molecular weight is 339 g/mol. The number of para-hydroxylation sites is 1. The van der Waals surface area contributed by atoms with Gasteiger partial charge in [0.05, 0.1) is 24.4 Å². The average Bonchev–Trinajstić information content (AvgIpc) is 3.11. The summed E-state index contributed by atoms with van der Waals surface area (Å²) in [5, 5.41) is 5.83. The minimum absolute atomic E-state index is 0.428. The molecule has 4 nitrogen and oxygen atoms in total. The van der Waals surface area contributed by atoms with E-state index in [4.69, 9.17) is 4.74 Å². The van der Waals surface area contributed by atoms with E-state index in [1.165, 1.54) is 36.6 Å². The number of ether oxygens (including phenoxy) is 1. The van der Waals surface area contributed by atoms with Crippen LogP contribution in [0.25, 0.3) is 10.9 Å². The van der Waals surface area contributed by atoms with Crippen molar-refractivity contribution in [3.8, 4) is 0 Å². The molecule has 2 aliphatic heterocycles. The van der Waals surface area contributed by atoms with Crippen molar-refractivity contribution in [2.75, 3.05) is 13.2 Å². The van der Waals surface area contributed by atoms with Gasteiger partial charge in [0, 0.05) is 30.6 Å². The Morgan fingerprint density at radius 1 is 1.24 bits per heavy atom. The highest BCUT2D eigenvalue weighted by atomic mass is 16.5. The van der Waals surface area contributed by atoms with Crippen molar-refractivity contribution in [1.29, 1.82) is 0 Å². The second-order valence-electron chi connectivity index (χ2n) is 7.79. The zero-order valence-corrected chi connectivity index (χ0v) is 15.2. The molecule has 4 rings (SSSR count). The molecule has 0 unspecified atom stereocenters. The lowest BCUT2D eigenvalue weighted by molar-refractivity contribution is -0.0134. The second kappa shape index (κ2) is 7.30. The summed E-state index contributed by atoms with van der Waals surface area (Å²) in [6.07, 6.45) is 9.30. The van der Waals surface area contributed by atoms with E-state index in [1.807, 2.05) is 12.3 Å². The summed E-state index contributed by atoms with van der Waals surface area (Å²) in [5.41, 5.74) is 1.24. The van der Waals surface area contributed by atoms with Crippen LogP contribution in [0.2, 0.25) is 0 Å². The molecule has 134 valence electrons. The molecule has 1 aromatic heterocycles. The van der Waals surface area contributed by atoms with Crippen LogP contribution in [0.1, 0.15) is 32.6 Å². The molecular formula is C21H29N3O. The van der Waals surface area contributed by atoms with Crippen LogP contribution < -0.4 is 0 Å². The molecule has 2 aliphatic rings. The molecule has 4 heteroatoms. The van der Waals surface area contributed by atoms with E-state index < -0.39 is 0 Å². The van der Waals surface area contributed by atoms with E-state index in [9.17, 15) is 0 Å². The standard InChI is InChI=1S/C21H29N3O/c1-3-10-25-20-11-18-8-9-19(12-20)23(18)14-16(2)15-24-21-7-5-4-6-17(21)13-22-24/h3-7,13,16,18-20H,1,8-12,14-15H2,2H3/t16-,18-,19+,20+/m1/s1. The maximum Gasteiger partial charge on any atom is 0.0682 e. The van der Waals surface area contributed by atoms with Crippen molar-refractivity contribution < 1.29 is 4.74 Å². The van der Waals surface area contributed by atoms with Gasteiger partial charge in [-0.05, 0) is 37.7 Å². The lowest BCUT2D eigenvalue weighted by atomic mass is 9.98. The number of hydrogen-bond donors (Lipinski definition) is 0. The van der Waals surface area contributed by atoms with Gasteiger partial charge in [-0.3, -0.25) is 9.58 Å². The predicted octanol–water partition coefficient (Wildman–Crippen LogP) is 3.87. The topological polar surface area (TPSA) is 30.3 Å². The number of aromatic nitrogens is 2. The minimum atomic E-state index is 0.428. The zero-order valence-electron chi connectivity index (χ0n) is 15.2. The Bertz CT molecular complexity index is 711. The number of nitrogens with zero attached hydrogens (tertiary/aromatic N) is 3. The summed E-state index contributed by atoms with van der Waals surface area (Å²) in [7, 11) is 0. The van der Waals surface area contributed by atoms with Crippen LogP contribution in [-0.2, 0) is 11.3 Å². The predicted molar refractivity (Wildman–Crippen MR) is 102 cm³/mol. The molecule has 4 atom stereocenters. The molecule has 3 heterocycles. The third kappa shape index (κ3) is 3.51. The third-order valence-electron chi connectivity index (χ3n) is 5.85. The molecule has 2 aromatic rings. The maximum absolute atomic E-state index is 5.94. The fraction of sp³-hybridized carbons (Fsp3) is 0.571. The molecule has 0 amide bonds. The van der Waals surface area contributed by atoms with Gasteiger partial charge in [-0.1, -0.05) is 31.2 Å². The zero-order chi connectivity index (χ0) is 17.2. The largest absolute Gasteiger partial charge is 0.374 e. The Hall–Kier alpha value is -1.65. The Balaban J connectivity index is 1.37. The Morgan fingerprint density at radius 2 is 2.00 bits per heavy atom. The monoisotopic (exact) mass is 339 g/mol. The molecule has 2 fully saturated rings. The van der Waals surface area contributed by atoms with E-state index in [2.05, 4.69) is 52.4 Å². The van der Waals surface area contributed by atoms with E-state index in [-0.39, 0.29) is 0 Å². The molecule has 0 radical (unpaired) electrons. The van der Waals surface area contributed by atoms with Crippen LogP contribution >= 0.6 is 0 Å². The summed E-state index contributed by atoms with van der Waals surface area (Å²) in [6, 6.07) is 9.88. The normalized spacial score (nSPS) is 27.6. The van der Waals surface area contributed by atoms with Gasteiger partial charge >= 0.3 is 0 Å². The van der Waals surface area contributed by atoms with Gasteiger partial charge in [-0.2, -0.15) is 5.10 Å². The molecule has 1 aromatic carbocycles. The van der Waals surface area contributed by atoms with Gasteiger partial charge in [-0.15, -0.1) is 6.58 Å². The van der Waals surface area contributed by atoms with Crippen LogP contribution in [-0.4, -0.2) is 46.0 Å². The fourth-order valence-electron chi connectivity index (χ4n) is 4.75. The van der Waals surface area contributed by atoms with Crippen molar-refractivity contribution in [1.82, 2.24) is 14.7 Å². The van der Waals surface area contributed by atoms with E-state index in [1.54, 1.807) is 0 Å². The first-order valence-electron chi connectivity index (χ1n) is 9.63. The summed E-state index contributed by atoms with van der Waals surface area (Å²) >= 11 is 0. The lowest BCUT2D eigenvalue weighted by Gasteiger charge is -2.40. The van der Waals surface area contributed by atoms with Crippen molar-refractivity contribution in [2.24, 2.45) is 5.92 Å². The molecule has 0 N–H and O–H groups in total. The van der Waals surface area contributed by atoms with Crippen LogP contribution in [0.4, 0.5) is 0 Å². The summed E-state index contributed by atoms with van der Waals surface area (Å²) < 4.78 is 8.11. The number of rotatable bonds is 7. The van der Waals surface area contributed by atoms with Crippen LogP contribution in [0.5, 0.6) is 0 Å². The SMILES string of the molecule is C=CCO[C@H]1C[C@H]2CC[C@@H](C1)N2C[C@@H](C)Cn1ncc2ccccc21. The summed E-state index contributed by atoms with van der Waals surface area (Å²) in [6.45, 7) is 8.96. The second-order valence-corrected chi connectivity index (χ2v) is 7.79. The maximum atomic E-state index is 5.94. The van der Waals surface area contributed by atoms with Crippen molar-refractivity contribution >= 4 is 10.9 Å². The summed E-state index contributed by atoms with van der Waals surface area (Å²) in [5.74, 6) is 0.594. The lowest BCUT2D eigenvalue weighted by Crippen LogP contribution is -2.47. The minimum Gasteiger partial charge on any atom is -0.374 e. The van der Waals surface area contributed by atoms with Crippen LogP contribution in [0.15, 0.2) is 43.1 Å². The van der Waals surface area contributed by atoms with E-state index in [0.717, 1.165) is 13.1 Å². The van der Waals surface area contributed by atoms with Gasteiger partial charge in [0.2, 0.25) is 0 Å². The first-order chi connectivity index (χ1) is 12.2. The quantitative estimate of drug-likeness (QED) is 0.717. The number of benzene rings is 1. The van der Waals surface area contributed by atoms with E-state index >= 15 is 0 Å². The van der Waals surface area contributed by atoms with E-state index in [0.29, 0.717) is 30.7 Å². The van der Waals surface area contributed by atoms with Gasteiger partial charge in [0.1, 0.15) is 0 Å². The Labute approximate surface area is 150 Å². The number of piperidine rings is 1. The van der Waals surface area contributed by atoms with Gasteiger partial charge < -0.3 is 4.74 Å². The van der Waals surface area contributed by atoms with Crippen molar-refractivity contribution in [3.63, 3.8) is 0 Å². The smallest absolute Gasteiger partial charge is 0.0682 e. The highest BCUT2D eigenvalue weighted by molar-refractivity contribution is 5.78.